The molecule has 5 nitrogen and oxygen atoms in total. The minimum absolute atomic E-state index is 0.281. The smallest absolute Gasteiger partial charge is 0.335 e. The number of aromatic nitrogens is 1. The van der Waals surface area contributed by atoms with Crippen molar-refractivity contribution < 1.29 is 9.90 Å². The lowest BCUT2D eigenvalue weighted by Gasteiger charge is -2.11. The van der Waals surface area contributed by atoms with Gasteiger partial charge in [-0.2, -0.15) is 0 Å². The summed E-state index contributed by atoms with van der Waals surface area (Å²) in [5, 5.41) is 15.3. The lowest BCUT2D eigenvalue weighted by Crippen LogP contribution is -2.01. The number of carboxylic acid groups (broad SMARTS) is 1. The van der Waals surface area contributed by atoms with Gasteiger partial charge in [0.25, 0.3) is 0 Å². The van der Waals surface area contributed by atoms with Crippen LogP contribution in [0.3, 0.4) is 0 Å². The zero-order chi connectivity index (χ0) is 20.1. The van der Waals surface area contributed by atoms with Crippen molar-refractivity contribution in [1.82, 2.24) is 4.98 Å². The highest BCUT2D eigenvalue weighted by atomic mass is 32.1. The van der Waals surface area contributed by atoms with E-state index < -0.39 is 5.97 Å². The lowest BCUT2D eigenvalue weighted by molar-refractivity contribution is 0.0697. The van der Waals surface area contributed by atoms with Gasteiger partial charge in [-0.1, -0.05) is 18.2 Å². The van der Waals surface area contributed by atoms with Gasteiger partial charge >= 0.3 is 5.97 Å². The van der Waals surface area contributed by atoms with Crippen LogP contribution in [-0.2, 0) is 6.42 Å². The Morgan fingerprint density at radius 1 is 1.21 bits per heavy atom. The molecule has 3 rings (SSSR count). The Bertz CT molecular complexity index is 1010. The van der Waals surface area contributed by atoms with Gasteiger partial charge in [-0.25, -0.2) is 9.78 Å². The SMILES string of the molecule is CCN=CNc1cc(C)c(Cc2nc(-c3ccc(C(=O)O)cc3)cs2)cc1C. The molecule has 0 aliphatic rings. The maximum atomic E-state index is 11.0. The number of benzene rings is 2. The van der Waals surface area contributed by atoms with Crippen LogP contribution >= 0.6 is 11.3 Å². The van der Waals surface area contributed by atoms with E-state index >= 15 is 0 Å². The summed E-state index contributed by atoms with van der Waals surface area (Å²) in [6.45, 7) is 6.95. The number of nitrogens with one attached hydrogen (secondary N) is 1. The van der Waals surface area contributed by atoms with Crippen molar-refractivity contribution in [2.24, 2.45) is 4.99 Å². The molecule has 144 valence electrons. The van der Waals surface area contributed by atoms with E-state index in [-0.39, 0.29) is 5.56 Å². The van der Waals surface area contributed by atoms with E-state index in [1.807, 2.05) is 12.3 Å². The molecule has 2 aromatic carbocycles. The number of anilines is 1. The Morgan fingerprint density at radius 2 is 1.96 bits per heavy atom. The van der Waals surface area contributed by atoms with E-state index in [4.69, 9.17) is 10.1 Å². The van der Waals surface area contributed by atoms with Crippen molar-refractivity contribution >= 4 is 29.3 Å². The number of nitrogens with zero attached hydrogens (tertiary/aromatic N) is 2. The third-order valence-corrected chi connectivity index (χ3v) is 5.35. The summed E-state index contributed by atoms with van der Waals surface area (Å²) in [4.78, 5) is 19.9. The maximum Gasteiger partial charge on any atom is 0.335 e. The largest absolute Gasteiger partial charge is 0.478 e. The van der Waals surface area contributed by atoms with Gasteiger partial charge in [0.2, 0.25) is 0 Å². The van der Waals surface area contributed by atoms with Crippen molar-refractivity contribution in [2.45, 2.75) is 27.2 Å². The van der Waals surface area contributed by atoms with Crippen LogP contribution in [0.5, 0.6) is 0 Å². The Balaban J connectivity index is 1.77. The molecule has 0 aliphatic carbocycles. The molecule has 3 aromatic rings. The summed E-state index contributed by atoms with van der Waals surface area (Å²) in [5.41, 5.74) is 6.78. The Labute approximate surface area is 168 Å². The first-order chi connectivity index (χ1) is 13.5. The van der Waals surface area contributed by atoms with Gasteiger partial charge in [0.1, 0.15) is 0 Å². The van der Waals surface area contributed by atoms with Crippen LogP contribution in [0.2, 0.25) is 0 Å². The molecule has 28 heavy (non-hydrogen) atoms. The molecular formula is C22H23N3O2S. The first-order valence-electron chi connectivity index (χ1n) is 9.11. The molecule has 0 aliphatic heterocycles. The van der Waals surface area contributed by atoms with Gasteiger partial charge < -0.3 is 10.4 Å². The molecule has 0 radical (unpaired) electrons. The van der Waals surface area contributed by atoms with Crippen LogP contribution in [0.15, 0.2) is 46.8 Å². The number of thiazole rings is 1. The number of carbonyl (C=O) groups is 1. The summed E-state index contributed by atoms with van der Waals surface area (Å²) in [7, 11) is 0. The number of hydrogen-bond acceptors (Lipinski definition) is 4. The monoisotopic (exact) mass is 393 g/mol. The van der Waals surface area contributed by atoms with E-state index in [0.29, 0.717) is 0 Å². The van der Waals surface area contributed by atoms with Crippen LogP contribution in [-0.4, -0.2) is 28.9 Å². The molecule has 0 bridgehead atoms. The number of rotatable bonds is 7. The molecule has 0 fully saturated rings. The quantitative estimate of drug-likeness (QED) is 0.429. The summed E-state index contributed by atoms with van der Waals surface area (Å²) in [5.74, 6) is -0.921. The minimum Gasteiger partial charge on any atom is -0.478 e. The van der Waals surface area contributed by atoms with Gasteiger partial charge in [-0.05, 0) is 55.7 Å². The number of aromatic carboxylic acids is 1. The number of carboxylic acids is 1. The fourth-order valence-electron chi connectivity index (χ4n) is 2.90. The van der Waals surface area contributed by atoms with Gasteiger partial charge in [0.15, 0.2) is 0 Å². The number of hydrogen-bond donors (Lipinski definition) is 2. The third kappa shape index (κ3) is 4.64. The molecule has 1 heterocycles. The molecule has 0 unspecified atom stereocenters. The third-order valence-electron chi connectivity index (χ3n) is 4.50. The first-order valence-corrected chi connectivity index (χ1v) is 9.99. The molecular weight excluding hydrogens is 370 g/mol. The van der Waals surface area contributed by atoms with Gasteiger partial charge in [0, 0.05) is 29.6 Å². The molecule has 0 saturated carbocycles. The molecule has 0 atom stereocenters. The Morgan fingerprint density at radius 3 is 2.64 bits per heavy atom. The molecule has 1 aromatic heterocycles. The van der Waals surface area contributed by atoms with E-state index in [0.717, 1.165) is 34.9 Å². The molecule has 2 N–H and O–H groups in total. The molecule has 0 saturated heterocycles. The average Bonchev–Trinajstić information content (AvgIpc) is 3.14. The Kier molecular flexibility index (Phi) is 6.21. The van der Waals surface area contributed by atoms with Crippen LogP contribution in [0.4, 0.5) is 5.69 Å². The number of aliphatic imine (C=N–C) groups is 1. The zero-order valence-electron chi connectivity index (χ0n) is 16.2. The van der Waals surface area contributed by atoms with E-state index in [9.17, 15) is 4.79 Å². The van der Waals surface area contributed by atoms with Crippen molar-refractivity contribution in [3.63, 3.8) is 0 Å². The van der Waals surface area contributed by atoms with Crippen LogP contribution in [0, 0.1) is 13.8 Å². The minimum atomic E-state index is -0.921. The Hall–Kier alpha value is -2.99. The van der Waals surface area contributed by atoms with Gasteiger partial charge in [0.05, 0.1) is 22.6 Å². The summed E-state index contributed by atoms with van der Waals surface area (Å²) < 4.78 is 0. The summed E-state index contributed by atoms with van der Waals surface area (Å²) >= 11 is 1.62. The normalized spacial score (nSPS) is 11.1. The van der Waals surface area contributed by atoms with E-state index in [1.165, 1.54) is 16.7 Å². The zero-order valence-corrected chi connectivity index (χ0v) is 17.0. The predicted octanol–water partition coefficient (Wildman–Crippen LogP) is 5.18. The second-order valence-electron chi connectivity index (χ2n) is 6.55. The topological polar surface area (TPSA) is 74.6 Å². The highest BCUT2D eigenvalue weighted by molar-refractivity contribution is 7.10. The second kappa shape index (κ2) is 8.80. The first kappa shape index (κ1) is 19.8. The second-order valence-corrected chi connectivity index (χ2v) is 7.49. The molecule has 6 heteroatoms. The van der Waals surface area contributed by atoms with Crippen LogP contribution < -0.4 is 5.32 Å². The molecule has 0 amide bonds. The fourth-order valence-corrected chi connectivity index (χ4v) is 3.73. The standard InChI is InChI=1S/C22H23N3O2S/c1-4-23-13-24-19-10-14(2)18(9-15(19)3)11-21-25-20(12-28-21)16-5-7-17(8-6-16)22(26)27/h5-10,12-13H,4,11H2,1-3H3,(H,23,24)(H,26,27). The highest BCUT2D eigenvalue weighted by Crippen LogP contribution is 2.27. The average molecular weight is 394 g/mol. The van der Waals surface area contributed by atoms with Crippen molar-refractivity contribution in [3.8, 4) is 11.3 Å². The number of aryl methyl sites for hydroxylation is 2. The maximum absolute atomic E-state index is 11.0. The highest BCUT2D eigenvalue weighted by Gasteiger charge is 2.10. The summed E-state index contributed by atoms with van der Waals surface area (Å²) in [6, 6.07) is 11.2. The van der Waals surface area contributed by atoms with Gasteiger partial charge in [-0.15, -0.1) is 11.3 Å². The van der Waals surface area contributed by atoms with Crippen molar-refractivity contribution in [1.29, 1.82) is 0 Å². The summed E-state index contributed by atoms with van der Waals surface area (Å²) in [6.07, 6.45) is 2.51. The van der Waals surface area contributed by atoms with Crippen molar-refractivity contribution in [2.75, 3.05) is 11.9 Å². The lowest BCUT2D eigenvalue weighted by atomic mass is 10.0. The van der Waals surface area contributed by atoms with Crippen LogP contribution in [0.25, 0.3) is 11.3 Å². The van der Waals surface area contributed by atoms with E-state index in [1.54, 1.807) is 41.9 Å². The fraction of sp³-hybridized carbons (Fsp3) is 0.227. The van der Waals surface area contributed by atoms with Gasteiger partial charge in [-0.3, -0.25) is 4.99 Å². The van der Waals surface area contributed by atoms with E-state index in [2.05, 4.69) is 36.3 Å². The van der Waals surface area contributed by atoms with Crippen molar-refractivity contribution in [3.05, 3.63) is 69.0 Å². The van der Waals surface area contributed by atoms with Crippen LogP contribution in [0.1, 0.15) is 39.0 Å². The predicted molar refractivity (Wildman–Crippen MR) is 116 cm³/mol. The molecule has 0 spiro atoms.